The van der Waals surface area contributed by atoms with Crippen molar-refractivity contribution in [2.45, 2.75) is 84.2 Å². The normalized spacial score (nSPS) is 12.9. The number of unbranched alkanes of at least 4 members (excludes halogenated alkanes) is 2. The molecule has 1 amide bonds. The first-order chi connectivity index (χ1) is 17.0. The van der Waals surface area contributed by atoms with Gasteiger partial charge in [-0.3, -0.25) is 9.78 Å². The first-order valence-corrected chi connectivity index (χ1v) is 13.1. The van der Waals surface area contributed by atoms with E-state index >= 15 is 0 Å². The molecular weight excluding hydrogens is 442 g/mol. The van der Waals surface area contributed by atoms with Crippen LogP contribution in [0.3, 0.4) is 0 Å². The molecule has 35 heavy (non-hydrogen) atoms. The van der Waals surface area contributed by atoms with Crippen molar-refractivity contribution in [2.24, 2.45) is 11.5 Å². The van der Waals surface area contributed by atoms with Gasteiger partial charge in [0, 0.05) is 24.8 Å². The van der Waals surface area contributed by atoms with Gasteiger partial charge in [0.15, 0.2) is 11.5 Å². The highest BCUT2D eigenvalue weighted by Crippen LogP contribution is 2.41. The zero-order chi connectivity index (χ0) is 25.6. The Labute approximate surface area is 210 Å². The number of nitrogens with two attached hydrogens (primary N) is 2. The lowest BCUT2D eigenvalue weighted by Crippen LogP contribution is -2.41. The van der Waals surface area contributed by atoms with E-state index in [4.69, 9.17) is 25.9 Å². The molecule has 0 saturated heterocycles. The van der Waals surface area contributed by atoms with Gasteiger partial charge in [-0.05, 0) is 63.6 Å². The van der Waals surface area contributed by atoms with Crippen molar-refractivity contribution < 1.29 is 14.3 Å². The summed E-state index contributed by atoms with van der Waals surface area (Å²) in [4.78, 5) is 16.9. The molecule has 2 aromatic rings. The van der Waals surface area contributed by atoms with Gasteiger partial charge in [0.05, 0.1) is 36.3 Å². The van der Waals surface area contributed by atoms with Crippen LogP contribution in [-0.4, -0.2) is 49.8 Å². The summed E-state index contributed by atoms with van der Waals surface area (Å²) in [5, 5.41) is 7.57. The highest BCUT2D eigenvalue weighted by molar-refractivity contribution is 5.99. The van der Waals surface area contributed by atoms with Crippen LogP contribution >= 0.6 is 0 Å². The summed E-state index contributed by atoms with van der Waals surface area (Å²) in [5.74, 6) is 1.39. The molecule has 0 aliphatic heterocycles. The Morgan fingerprint density at radius 1 is 1.17 bits per heavy atom. The molecule has 0 radical (unpaired) electrons. The number of anilines is 1. The molecular formula is C27H45N5O3. The van der Waals surface area contributed by atoms with Crippen LogP contribution in [0.4, 0.5) is 5.69 Å². The van der Waals surface area contributed by atoms with Crippen molar-refractivity contribution in [1.29, 1.82) is 0 Å². The van der Waals surface area contributed by atoms with Crippen molar-refractivity contribution in [3.8, 4) is 11.5 Å². The SMILES string of the molecule is CCCCOc1c(OC)cc(NC(C)CCCNC(=O)[C@@H](N)CCCCN)c2nccc(CC)c12. The number of carbonyl (C=O) groups is 1. The maximum atomic E-state index is 12.2. The van der Waals surface area contributed by atoms with Gasteiger partial charge in [0.2, 0.25) is 5.91 Å². The van der Waals surface area contributed by atoms with E-state index in [1.807, 2.05) is 18.3 Å². The van der Waals surface area contributed by atoms with Gasteiger partial charge in [-0.1, -0.05) is 26.7 Å². The van der Waals surface area contributed by atoms with Crippen molar-refractivity contribution in [3.05, 3.63) is 23.9 Å². The average molecular weight is 488 g/mol. The number of hydrogen-bond acceptors (Lipinski definition) is 7. The summed E-state index contributed by atoms with van der Waals surface area (Å²) >= 11 is 0. The first-order valence-electron chi connectivity index (χ1n) is 13.1. The smallest absolute Gasteiger partial charge is 0.236 e. The van der Waals surface area contributed by atoms with E-state index in [-0.39, 0.29) is 11.9 Å². The second kappa shape index (κ2) is 15.4. The number of aryl methyl sites for hydroxylation is 1. The molecule has 1 aromatic carbocycles. The van der Waals surface area contributed by atoms with Crippen LogP contribution in [0.1, 0.15) is 71.3 Å². The second-order valence-electron chi connectivity index (χ2n) is 9.07. The number of rotatable bonds is 17. The molecule has 2 atom stereocenters. The van der Waals surface area contributed by atoms with E-state index in [0.717, 1.165) is 67.3 Å². The molecule has 1 unspecified atom stereocenters. The third kappa shape index (κ3) is 8.54. The summed E-state index contributed by atoms with van der Waals surface area (Å²) in [7, 11) is 1.67. The Hall–Kier alpha value is -2.58. The van der Waals surface area contributed by atoms with Gasteiger partial charge in [-0.15, -0.1) is 0 Å². The minimum atomic E-state index is -0.465. The van der Waals surface area contributed by atoms with Crippen molar-refractivity contribution in [1.82, 2.24) is 10.3 Å². The number of ether oxygens (including phenoxy) is 2. The molecule has 0 aliphatic rings. The molecule has 0 fully saturated rings. The van der Waals surface area contributed by atoms with E-state index in [2.05, 4.69) is 31.4 Å². The Bertz CT molecular complexity index is 921. The van der Waals surface area contributed by atoms with E-state index in [1.54, 1.807) is 7.11 Å². The highest BCUT2D eigenvalue weighted by Gasteiger charge is 2.19. The Morgan fingerprint density at radius 3 is 2.66 bits per heavy atom. The quantitative estimate of drug-likeness (QED) is 0.247. The summed E-state index contributed by atoms with van der Waals surface area (Å²) in [6.07, 6.45) is 8.94. The minimum Gasteiger partial charge on any atom is -0.493 e. The molecule has 6 N–H and O–H groups in total. The van der Waals surface area contributed by atoms with Crippen LogP contribution in [0.15, 0.2) is 18.3 Å². The minimum absolute atomic E-state index is 0.0895. The van der Waals surface area contributed by atoms with Crippen LogP contribution in [0.2, 0.25) is 0 Å². The molecule has 0 bridgehead atoms. The molecule has 0 saturated carbocycles. The fourth-order valence-corrected chi connectivity index (χ4v) is 4.09. The first kappa shape index (κ1) is 28.7. The van der Waals surface area contributed by atoms with Gasteiger partial charge in [0.25, 0.3) is 0 Å². The number of nitrogens with one attached hydrogen (secondary N) is 2. The lowest BCUT2D eigenvalue weighted by atomic mass is 10.0. The zero-order valence-electron chi connectivity index (χ0n) is 22.0. The summed E-state index contributed by atoms with van der Waals surface area (Å²) in [6, 6.07) is 3.74. The predicted octanol–water partition coefficient (Wildman–Crippen LogP) is 4.14. The number of benzene rings is 1. The number of pyridine rings is 1. The maximum absolute atomic E-state index is 12.2. The Balaban J connectivity index is 2.05. The summed E-state index contributed by atoms with van der Waals surface area (Å²) in [6.45, 7) is 8.29. The van der Waals surface area contributed by atoms with Crippen LogP contribution in [-0.2, 0) is 11.2 Å². The topological polar surface area (TPSA) is 125 Å². The maximum Gasteiger partial charge on any atom is 0.236 e. The van der Waals surface area contributed by atoms with Crippen LogP contribution < -0.4 is 31.6 Å². The van der Waals surface area contributed by atoms with Crippen molar-refractivity contribution >= 4 is 22.5 Å². The van der Waals surface area contributed by atoms with E-state index < -0.39 is 6.04 Å². The number of amides is 1. The van der Waals surface area contributed by atoms with Crippen LogP contribution in [0.25, 0.3) is 10.9 Å². The van der Waals surface area contributed by atoms with Crippen molar-refractivity contribution in [2.75, 3.05) is 32.1 Å². The standard InChI is InChI=1S/C27H45N5O3/c1-5-7-17-35-26-23(34-4)18-22(25-24(26)20(6-2)13-16-30-25)32-19(3)11-10-15-31-27(33)21(29)12-8-9-14-28/h13,16,18-19,21,32H,5-12,14-15,17,28-29H2,1-4H3,(H,31,33)/t19?,21-/m0/s1. The molecule has 1 aromatic heterocycles. The third-order valence-corrected chi connectivity index (χ3v) is 6.18. The summed E-state index contributed by atoms with van der Waals surface area (Å²) < 4.78 is 11.9. The number of aromatic nitrogens is 1. The molecule has 8 heteroatoms. The number of methoxy groups -OCH3 is 1. The van der Waals surface area contributed by atoms with Crippen molar-refractivity contribution in [3.63, 3.8) is 0 Å². The lowest BCUT2D eigenvalue weighted by molar-refractivity contribution is -0.122. The van der Waals surface area contributed by atoms with Gasteiger partial charge in [0.1, 0.15) is 0 Å². The molecule has 1 heterocycles. The van der Waals surface area contributed by atoms with Gasteiger partial charge in [-0.2, -0.15) is 0 Å². The number of fused-ring (bicyclic) bond motifs is 1. The molecule has 196 valence electrons. The molecule has 0 aliphatic carbocycles. The third-order valence-electron chi connectivity index (χ3n) is 6.18. The van der Waals surface area contributed by atoms with E-state index in [1.165, 1.54) is 5.56 Å². The highest BCUT2D eigenvalue weighted by atomic mass is 16.5. The van der Waals surface area contributed by atoms with Crippen LogP contribution in [0, 0.1) is 0 Å². The van der Waals surface area contributed by atoms with Gasteiger partial charge >= 0.3 is 0 Å². The number of carbonyl (C=O) groups excluding carboxylic acids is 1. The molecule has 8 nitrogen and oxygen atoms in total. The Kier molecular flexibility index (Phi) is 12.6. The zero-order valence-corrected chi connectivity index (χ0v) is 22.0. The second-order valence-corrected chi connectivity index (χ2v) is 9.07. The number of hydrogen-bond donors (Lipinski definition) is 4. The molecule has 2 rings (SSSR count). The van der Waals surface area contributed by atoms with Gasteiger partial charge < -0.3 is 31.6 Å². The summed E-state index contributed by atoms with van der Waals surface area (Å²) in [5.41, 5.74) is 14.5. The van der Waals surface area contributed by atoms with E-state index in [9.17, 15) is 4.79 Å². The monoisotopic (exact) mass is 487 g/mol. The fraction of sp³-hybridized carbons (Fsp3) is 0.630. The van der Waals surface area contributed by atoms with Crippen LogP contribution in [0.5, 0.6) is 11.5 Å². The Morgan fingerprint density at radius 2 is 1.97 bits per heavy atom. The predicted molar refractivity (Wildman–Crippen MR) is 144 cm³/mol. The largest absolute Gasteiger partial charge is 0.493 e. The van der Waals surface area contributed by atoms with Gasteiger partial charge in [-0.25, -0.2) is 0 Å². The molecule has 0 spiro atoms. The van der Waals surface area contributed by atoms with E-state index in [0.29, 0.717) is 31.9 Å². The number of nitrogens with zero attached hydrogens (tertiary/aromatic N) is 1. The lowest BCUT2D eigenvalue weighted by Gasteiger charge is -2.21. The average Bonchev–Trinajstić information content (AvgIpc) is 2.87. The fourth-order valence-electron chi connectivity index (χ4n) is 4.09.